The zero-order valence-electron chi connectivity index (χ0n) is 12.6. The van der Waals surface area contributed by atoms with Crippen molar-refractivity contribution >= 4 is 10.9 Å². The first-order valence-electron chi connectivity index (χ1n) is 7.85. The van der Waals surface area contributed by atoms with Gasteiger partial charge in [0.25, 0.3) is 0 Å². The van der Waals surface area contributed by atoms with Crippen LogP contribution in [0.3, 0.4) is 0 Å². The van der Waals surface area contributed by atoms with Crippen LogP contribution in [0.5, 0.6) is 11.5 Å². The highest BCUT2D eigenvalue weighted by molar-refractivity contribution is 5.87. The molecule has 1 aliphatic rings. The molecule has 2 heterocycles. The minimum absolute atomic E-state index is 0.217. The molecule has 0 radical (unpaired) electrons. The van der Waals surface area contributed by atoms with E-state index in [0.29, 0.717) is 13.2 Å². The molecule has 114 valence electrons. The lowest BCUT2D eigenvalue weighted by atomic mass is 10.1. The van der Waals surface area contributed by atoms with Crippen LogP contribution in [-0.4, -0.2) is 29.5 Å². The summed E-state index contributed by atoms with van der Waals surface area (Å²) in [7, 11) is 0. The van der Waals surface area contributed by atoms with E-state index in [1.165, 1.54) is 29.3 Å². The van der Waals surface area contributed by atoms with Crippen molar-refractivity contribution in [3.63, 3.8) is 0 Å². The zero-order valence-corrected chi connectivity index (χ0v) is 12.6. The Morgan fingerprint density at radius 3 is 2.62 bits per heavy atom. The maximum Gasteiger partial charge on any atom is 0.163 e. The zero-order chi connectivity index (χ0) is 14.7. The Bertz CT molecular complexity index is 566. The Kier molecular flexibility index (Phi) is 4.34. The summed E-state index contributed by atoms with van der Waals surface area (Å²) in [5.41, 5.74) is 2.54. The fourth-order valence-corrected chi connectivity index (χ4v) is 2.89. The van der Waals surface area contributed by atoms with Crippen molar-refractivity contribution in [3.8, 4) is 11.5 Å². The summed E-state index contributed by atoms with van der Waals surface area (Å²) >= 11 is 0. The highest BCUT2D eigenvalue weighted by atomic mass is 16.6. The Balaban J connectivity index is 2.04. The van der Waals surface area contributed by atoms with Crippen molar-refractivity contribution in [1.82, 2.24) is 4.57 Å². The van der Waals surface area contributed by atoms with Crippen molar-refractivity contribution in [2.75, 3.05) is 19.8 Å². The highest BCUT2D eigenvalue weighted by Crippen LogP contribution is 2.37. The Labute approximate surface area is 125 Å². The van der Waals surface area contributed by atoms with E-state index in [-0.39, 0.29) is 6.61 Å². The number of hydrogen-bond donors (Lipinski definition) is 1. The molecule has 0 saturated heterocycles. The van der Waals surface area contributed by atoms with Gasteiger partial charge in [-0.25, -0.2) is 0 Å². The number of unbranched alkanes of at least 4 members (excludes halogenated alkanes) is 1. The number of benzene rings is 1. The minimum atomic E-state index is 0.217. The molecule has 3 rings (SSSR count). The predicted molar refractivity (Wildman–Crippen MR) is 83.2 cm³/mol. The monoisotopic (exact) mass is 289 g/mol. The quantitative estimate of drug-likeness (QED) is 0.888. The van der Waals surface area contributed by atoms with E-state index >= 15 is 0 Å². The molecule has 0 saturated carbocycles. The normalized spacial score (nSPS) is 13.8. The van der Waals surface area contributed by atoms with Crippen LogP contribution >= 0.6 is 0 Å². The minimum Gasteiger partial charge on any atom is -0.486 e. The third-order valence-electron chi connectivity index (χ3n) is 3.98. The third kappa shape index (κ3) is 2.86. The van der Waals surface area contributed by atoms with E-state index in [9.17, 15) is 0 Å². The molecule has 0 spiro atoms. The van der Waals surface area contributed by atoms with Crippen molar-refractivity contribution < 1.29 is 14.6 Å². The number of aromatic nitrogens is 1. The van der Waals surface area contributed by atoms with Crippen LogP contribution in [-0.2, 0) is 13.0 Å². The summed E-state index contributed by atoms with van der Waals surface area (Å²) in [5, 5.41) is 10.3. The van der Waals surface area contributed by atoms with Gasteiger partial charge in [-0.1, -0.05) is 13.3 Å². The molecule has 1 aromatic heterocycles. The van der Waals surface area contributed by atoms with Gasteiger partial charge in [-0.3, -0.25) is 0 Å². The number of aryl methyl sites for hydroxylation is 2. The molecule has 0 atom stereocenters. The second kappa shape index (κ2) is 6.39. The van der Waals surface area contributed by atoms with Gasteiger partial charge in [0.1, 0.15) is 13.2 Å². The van der Waals surface area contributed by atoms with Gasteiger partial charge >= 0.3 is 0 Å². The van der Waals surface area contributed by atoms with Gasteiger partial charge < -0.3 is 19.1 Å². The molecule has 0 bridgehead atoms. The van der Waals surface area contributed by atoms with Gasteiger partial charge in [0.2, 0.25) is 0 Å². The van der Waals surface area contributed by atoms with Gasteiger partial charge in [0.15, 0.2) is 11.5 Å². The molecule has 0 fully saturated rings. The Morgan fingerprint density at radius 2 is 1.90 bits per heavy atom. The summed E-state index contributed by atoms with van der Waals surface area (Å²) in [5.74, 6) is 1.69. The van der Waals surface area contributed by atoms with Crippen molar-refractivity contribution in [3.05, 3.63) is 23.9 Å². The fourth-order valence-electron chi connectivity index (χ4n) is 2.89. The molecule has 21 heavy (non-hydrogen) atoms. The standard InChI is InChI=1S/C17H23NO3/c1-2-3-5-13-12-18(6-4-7-19)15-11-17-16(10-14(13)15)20-8-9-21-17/h10-12,19H,2-9H2,1H3. The first-order valence-corrected chi connectivity index (χ1v) is 7.85. The molecule has 0 unspecified atom stereocenters. The number of rotatable bonds is 6. The molecule has 1 aromatic carbocycles. The lowest BCUT2D eigenvalue weighted by Gasteiger charge is -2.18. The fraction of sp³-hybridized carbons (Fsp3) is 0.529. The maximum atomic E-state index is 9.08. The molecule has 4 heteroatoms. The van der Waals surface area contributed by atoms with E-state index in [1.807, 2.05) is 0 Å². The SMILES string of the molecule is CCCCc1cn(CCCO)c2cc3c(cc12)OCCO3. The maximum absolute atomic E-state index is 9.08. The van der Waals surface area contributed by atoms with E-state index in [0.717, 1.165) is 30.9 Å². The summed E-state index contributed by atoms with van der Waals surface area (Å²) in [6, 6.07) is 4.20. The Hall–Kier alpha value is -1.68. The number of nitrogens with zero attached hydrogens (tertiary/aromatic N) is 1. The summed E-state index contributed by atoms with van der Waals surface area (Å²) in [6.45, 7) is 4.49. The van der Waals surface area contributed by atoms with Gasteiger partial charge in [0.05, 0.1) is 5.52 Å². The predicted octanol–water partition coefficient (Wildman–Crippen LogP) is 3.14. The van der Waals surface area contributed by atoms with Crippen LogP contribution in [0, 0.1) is 0 Å². The molecule has 1 N–H and O–H groups in total. The van der Waals surface area contributed by atoms with Crippen molar-refractivity contribution in [2.45, 2.75) is 39.2 Å². The molecule has 2 aromatic rings. The van der Waals surface area contributed by atoms with Crippen LogP contribution in [0.4, 0.5) is 0 Å². The van der Waals surface area contributed by atoms with Gasteiger partial charge in [-0.15, -0.1) is 0 Å². The van der Waals surface area contributed by atoms with Crippen LogP contribution in [0.1, 0.15) is 31.7 Å². The second-order valence-electron chi connectivity index (χ2n) is 5.54. The first-order chi connectivity index (χ1) is 10.3. The Morgan fingerprint density at radius 1 is 1.14 bits per heavy atom. The van der Waals surface area contributed by atoms with Crippen molar-refractivity contribution in [2.24, 2.45) is 0 Å². The average molecular weight is 289 g/mol. The van der Waals surface area contributed by atoms with Crippen LogP contribution < -0.4 is 9.47 Å². The third-order valence-corrected chi connectivity index (χ3v) is 3.98. The van der Waals surface area contributed by atoms with E-state index in [2.05, 4.69) is 29.8 Å². The lowest BCUT2D eigenvalue weighted by molar-refractivity contribution is 0.172. The lowest BCUT2D eigenvalue weighted by Crippen LogP contribution is -2.15. The number of fused-ring (bicyclic) bond motifs is 2. The molecule has 0 amide bonds. The van der Waals surface area contributed by atoms with Crippen LogP contribution in [0.15, 0.2) is 18.3 Å². The number of hydrogen-bond acceptors (Lipinski definition) is 3. The van der Waals surface area contributed by atoms with Gasteiger partial charge in [0, 0.05) is 30.8 Å². The molecule has 1 aliphatic heterocycles. The highest BCUT2D eigenvalue weighted by Gasteiger charge is 2.17. The van der Waals surface area contributed by atoms with E-state index in [4.69, 9.17) is 14.6 Å². The van der Waals surface area contributed by atoms with Crippen LogP contribution in [0.25, 0.3) is 10.9 Å². The topological polar surface area (TPSA) is 43.6 Å². The summed E-state index contributed by atoms with van der Waals surface area (Å²) < 4.78 is 13.6. The summed E-state index contributed by atoms with van der Waals surface area (Å²) in [4.78, 5) is 0. The van der Waals surface area contributed by atoms with Crippen molar-refractivity contribution in [1.29, 1.82) is 0 Å². The number of aliphatic hydroxyl groups excluding tert-OH is 1. The first kappa shape index (κ1) is 14.3. The van der Waals surface area contributed by atoms with Gasteiger partial charge in [-0.2, -0.15) is 0 Å². The molecule has 4 nitrogen and oxygen atoms in total. The van der Waals surface area contributed by atoms with Gasteiger partial charge in [-0.05, 0) is 30.9 Å². The smallest absolute Gasteiger partial charge is 0.163 e. The van der Waals surface area contributed by atoms with E-state index < -0.39 is 0 Å². The molecular formula is C17H23NO3. The second-order valence-corrected chi connectivity index (χ2v) is 5.54. The average Bonchev–Trinajstić information content (AvgIpc) is 2.86. The summed E-state index contributed by atoms with van der Waals surface area (Å²) in [6.07, 6.45) is 6.45. The van der Waals surface area contributed by atoms with Crippen LogP contribution in [0.2, 0.25) is 0 Å². The number of ether oxygens (including phenoxy) is 2. The largest absolute Gasteiger partial charge is 0.486 e. The molecule has 0 aliphatic carbocycles. The van der Waals surface area contributed by atoms with E-state index in [1.54, 1.807) is 0 Å². The molecular weight excluding hydrogens is 266 g/mol. The number of aliphatic hydroxyl groups is 1.